The molecule has 0 saturated carbocycles. The van der Waals surface area contributed by atoms with Crippen LogP contribution in [0.4, 0.5) is 0 Å². The monoisotopic (exact) mass is 383 g/mol. The van der Waals surface area contributed by atoms with Gasteiger partial charge in [-0.1, -0.05) is 48.6 Å². The van der Waals surface area contributed by atoms with E-state index in [0.717, 1.165) is 18.4 Å². The fraction of sp³-hybridized carbons (Fsp3) is 0.435. The van der Waals surface area contributed by atoms with Gasteiger partial charge < -0.3 is 9.64 Å². The third-order valence-electron chi connectivity index (χ3n) is 4.93. The van der Waals surface area contributed by atoms with Crippen molar-refractivity contribution in [1.82, 2.24) is 4.90 Å². The van der Waals surface area contributed by atoms with Gasteiger partial charge in [0.2, 0.25) is 5.91 Å². The molecule has 0 bridgehead atoms. The number of ketones is 1. The Morgan fingerprint density at radius 1 is 1.29 bits per heavy atom. The highest BCUT2D eigenvalue weighted by Gasteiger charge is 2.33. The van der Waals surface area contributed by atoms with Crippen LogP contribution < -0.4 is 0 Å². The SMILES string of the molecule is C/C=C\CC(CC(=O)OC)N1C(=O)CCC[C@@H]1/C=C/C(=O)Cc1ccccc1. The average Bonchev–Trinajstić information content (AvgIpc) is 2.70. The number of allylic oxidation sites excluding steroid dienone is 2. The van der Waals surface area contributed by atoms with Crippen molar-refractivity contribution in [3.05, 3.63) is 60.2 Å². The fourth-order valence-corrected chi connectivity index (χ4v) is 3.52. The van der Waals surface area contributed by atoms with Crippen LogP contribution in [0.15, 0.2) is 54.6 Å². The topological polar surface area (TPSA) is 63.7 Å². The summed E-state index contributed by atoms with van der Waals surface area (Å²) in [7, 11) is 1.35. The van der Waals surface area contributed by atoms with Crippen LogP contribution in [0.25, 0.3) is 0 Å². The molecular weight excluding hydrogens is 354 g/mol. The molecule has 1 saturated heterocycles. The second-order valence-corrected chi connectivity index (χ2v) is 6.99. The number of carbonyl (C=O) groups excluding carboxylic acids is 3. The summed E-state index contributed by atoms with van der Waals surface area (Å²) in [4.78, 5) is 38.6. The molecule has 0 N–H and O–H groups in total. The number of piperidine rings is 1. The molecule has 5 heteroatoms. The Bertz CT molecular complexity index is 723. The summed E-state index contributed by atoms with van der Waals surface area (Å²) in [5.74, 6) is -0.312. The van der Waals surface area contributed by atoms with Crippen molar-refractivity contribution in [1.29, 1.82) is 0 Å². The van der Waals surface area contributed by atoms with Gasteiger partial charge >= 0.3 is 5.97 Å². The molecule has 1 amide bonds. The maximum Gasteiger partial charge on any atom is 0.307 e. The van der Waals surface area contributed by atoms with Gasteiger partial charge in [0.1, 0.15) is 0 Å². The van der Waals surface area contributed by atoms with Crippen molar-refractivity contribution in [2.75, 3.05) is 7.11 Å². The van der Waals surface area contributed by atoms with E-state index in [9.17, 15) is 14.4 Å². The maximum absolute atomic E-state index is 12.6. The molecule has 0 spiro atoms. The number of nitrogens with zero attached hydrogens (tertiary/aromatic N) is 1. The van der Waals surface area contributed by atoms with Gasteiger partial charge in [0.05, 0.1) is 19.6 Å². The summed E-state index contributed by atoms with van der Waals surface area (Å²) in [6, 6.07) is 9.13. The maximum atomic E-state index is 12.6. The molecule has 0 radical (unpaired) electrons. The van der Waals surface area contributed by atoms with Crippen molar-refractivity contribution in [2.24, 2.45) is 0 Å². The molecule has 1 heterocycles. The van der Waals surface area contributed by atoms with E-state index in [4.69, 9.17) is 4.74 Å². The number of hydrogen-bond acceptors (Lipinski definition) is 4. The molecule has 2 atom stereocenters. The Balaban J connectivity index is 2.13. The first-order chi connectivity index (χ1) is 13.5. The number of likely N-dealkylation sites (tertiary alicyclic amines) is 1. The quantitative estimate of drug-likeness (QED) is 0.371. The first kappa shape index (κ1) is 21.6. The van der Waals surface area contributed by atoms with Crippen LogP contribution in [0, 0.1) is 0 Å². The van der Waals surface area contributed by atoms with Gasteiger partial charge in [-0.05, 0) is 37.8 Å². The van der Waals surface area contributed by atoms with Crippen LogP contribution in [0.3, 0.4) is 0 Å². The molecule has 5 nitrogen and oxygen atoms in total. The number of methoxy groups -OCH3 is 1. The molecular formula is C23H29NO4. The van der Waals surface area contributed by atoms with Gasteiger partial charge in [0.15, 0.2) is 5.78 Å². The van der Waals surface area contributed by atoms with E-state index in [1.807, 2.05) is 55.5 Å². The lowest BCUT2D eigenvalue weighted by Crippen LogP contribution is -2.49. The summed E-state index contributed by atoms with van der Waals surface area (Å²) >= 11 is 0. The minimum Gasteiger partial charge on any atom is -0.469 e. The van der Waals surface area contributed by atoms with Gasteiger partial charge in [-0.15, -0.1) is 0 Å². The largest absolute Gasteiger partial charge is 0.469 e. The third kappa shape index (κ3) is 6.48. The average molecular weight is 383 g/mol. The van der Waals surface area contributed by atoms with Gasteiger partial charge in [0.25, 0.3) is 0 Å². The predicted octanol–water partition coefficient (Wildman–Crippen LogP) is 3.63. The molecule has 1 aliphatic heterocycles. The molecule has 1 aliphatic rings. The summed E-state index contributed by atoms with van der Waals surface area (Å²) in [6.07, 6.45) is 10.4. The van der Waals surface area contributed by atoms with Gasteiger partial charge in [-0.3, -0.25) is 14.4 Å². The Morgan fingerprint density at radius 2 is 2.04 bits per heavy atom. The number of rotatable bonds is 9. The highest BCUT2D eigenvalue weighted by Crippen LogP contribution is 2.25. The van der Waals surface area contributed by atoms with Crippen molar-refractivity contribution >= 4 is 17.7 Å². The number of amides is 1. The first-order valence-corrected chi connectivity index (χ1v) is 9.79. The Labute approximate surface area is 167 Å². The molecule has 28 heavy (non-hydrogen) atoms. The predicted molar refractivity (Wildman–Crippen MR) is 109 cm³/mol. The lowest BCUT2D eigenvalue weighted by atomic mass is 9.95. The normalized spacial score (nSPS) is 18.6. The van der Waals surface area contributed by atoms with Crippen LogP contribution in [0.5, 0.6) is 0 Å². The van der Waals surface area contributed by atoms with Crippen LogP contribution in [0.1, 0.15) is 44.6 Å². The lowest BCUT2D eigenvalue weighted by Gasteiger charge is -2.39. The highest BCUT2D eigenvalue weighted by atomic mass is 16.5. The van der Waals surface area contributed by atoms with Crippen molar-refractivity contribution < 1.29 is 19.1 Å². The Kier molecular flexibility index (Phi) is 8.66. The van der Waals surface area contributed by atoms with Gasteiger partial charge in [-0.2, -0.15) is 0 Å². The second kappa shape index (κ2) is 11.2. The van der Waals surface area contributed by atoms with E-state index < -0.39 is 0 Å². The molecule has 0 aromatic heterocycles. The zero-order chi connectivity index (χ0) is 20.4. The molecule has 1 unspecified atom stereocenters. The molecule has 1 aromatic carbocycles. The molecule has 0 aliphatic carbocycles. The van der Waals surface area contributed by atoms with Gasteiger partial charge in [-0.25, -0.2) is 0 Å². The lowest BCUT2D eigenvalue weighted by molar-refractivity contribution is -0.145. The molecule has 1 fully saturated rings. The fourth-order valence-electron chi connectivity index (χ4n) is 3.52. The van der Waals surface area contributed by atoms with E-state index in [1.54, 1.807) is 11.0 Å². The third-order valence-corrected chi connectivity index (χ3v) is 4.93. The van der Waals surface area contributed by atoms with Crippen LogP contribution >= 0.6 is 0 Å². The minimum atomic E-state index is -0.337. The smallest absolute Gasteiger partial charge is 0.307 e. The van der Waals surface area contributed by atoms with Gasteiger partial charge in [0, 0.05) is 18.9 Å². The van der Waals surface area contributed by atoms with E-state index in [1.165, 1.54) is 7.11 Å². The zero-order valence-electron chi connectivity index (χ0n) is 16.7. The first-order valence-electron chi connectivity index (χ1n) is 9.79. The van der Waals surface area contributed by atoms with E-state index in [2.05, 4.69) is 0 Å². The number of esters is 1. The van der Waals surface area contributed by atoms with Crippen molar-refractivity contribution in [3.8, 4) is 0 Å². The summed E-state index contributed by atoms with van der Waals surface area (Å²) in [5, 5.41) is 0. The van der Waals surface area contributed by atoms with E-state index in [-0.39, 0.29) is 36.2 Å². The molecule has 1 aromatic rings. The van der Waals surface area contributed by atoms with E-state index >= 15 is 0 Å². The van der Waals surface area contributed by atoms with Crippen LogP contribution in [-0.2, 0) is 25.5 Å². The standard InChI is InChI=1S/C23H29NO4/c1-3-4-11-20(17-23(27)28-2)24-19(12-8-13-22(24)26)14-15-21(25)16-18-9-6-5-7-10-18/h3-7,9-10,14-15,19-20H,8,11-13,16-17H2,1-2H3/b4-3-,15-14+/t19-,20?/m1/s1. The van der Waals surface area contributed by atoms with Crippen molar-refractivity contribution in [3.63, 3.8) is 0 Å². The number of ether oxygens (including phenoxy) is 1. The Morgan fingerprint density at radius 3 is 2.71 bits per heavy atom. The highest BCUT2D eigenvalue weighted by molar-refractivity contribution is 5.91. The number of hydrogen-bond donors (Lipinski definition) is 0. The van der Waals surface area contributed by atoms with Crippen LogP contribution in [-0.4, -0.2) is 41.8 Å². The zero-order valence-corrected chi connectivity index (χ0v) is 16.7. The summed E-state index contributed by atoms with van der Waals surface area (Å²) in [6.45, 7) is 1.91. The summed E-state index contributed by atoms with van der Waals surface area (Å²) in [5.41, 5.74) is 0.963. The molecule has 150 valence electrons. The van der Waals surface area contributed by atoms with Crippen LogP contribution in [0.2, 0.25) is 0 Å². The second-order valence-electron chi connectivity index (χ2n) is 6.99. The Hall–Kier alpha value is -2.69. The molecule has 2 rings (SSSR count). The minimum absolute atomic E-state index is 0.00199. The van der Waals surface area contributed by atoms with E-state index in [0.29, 0.717) is 19.3 Å². The number of benzene rings is 1. The number of carbonyl (C=O) groups is 3. The van der Waals surface area contributed by atoms with Crippen molar-refractivity contribution in [2.45, 2.75) is 57.5 Å². The summed E-state index contributed by atoms with van der Waals surface area (Å²) < 4.78 is 4.81.